The van der Waals surface area contributed by atoms with Gasteiger partial charge in [-0.25, -0.2) is 0 Å². The minimum absolute atomic E-state index is 0.204. The van der Waals surface area contributed by atoms with Crippen LogP contribution in [0.5, 0.6) is 0 Å². The van der Waals surface area contributed by atoms with Gasteiger partial charge in [0, 0.05) is 5.56 Å². The molecule has 0 spiro atoms. The quantitative estimate of drug-likeness (QED) is 0.398. The Kier molecular flexibility index (Phi) is 9.35. The van der Waals surface area contributed by atoms with Crippen molar-refractivity contribution in [2.75, 3.05) is 13.2 Å². The molecule has 1 aromatic carbocycles. The molecule has 1 rings (SSSR count). The van der Waals surface area contributed by atoms with Crippen molar-refractivity contribution in [3.8, 4) is 0 Å². The van der Waals surface area contributed by atoms with Crippen LogP contribution in [0.4, 0.5) is 0 Å². The standard InChI is InChI=1S/C18H30O2/c1-4-6-8-14-19-18(20-15-9-7-5-2)17-12-10-16(3)11-13-17/h10-13,18H,4-9,14-15H2,1-3H3. The zero-order valence-electron chi connectivity index (χ0n) is 13.4. The van der Waals surface area contributed by atoms with Crippen LogP contribution in [0.15, 0.2) is 24.3 Å². The zero-order valence-corrected chi connectivity index (χ0v) is 13.4. The first-order valence-electron chi connectivity index (χ1n) is 8.07. The van der Waals surface area contributed by atoms with Gasteiger partial charge in [0.05, 0.1) is 13.2 Å². The van der Waals surface area contributed by atoms with Crippen LogP contribution >= 0.6 is 0 Å². The molecule has 1 aromatic rings. The largest absolute Gasteiger partial charge is 0.348 e. The van der Waals surface area contributed by atoms with Gasteiger partial charge in [0.25, 0.3) is 0 Å². The second-order valence-electron chi connectivity index (χ2n) is 5.40. The second kappa shape index (κ2) is 10.9. The van der Waals surface area contributed by atoms with E-state index < -0.39 is 0 Å². The van der Waals surface area contributed by atoms with Crippen molar-refractivity contribution < 1.29 is 9.47 Å². The summed E-state index contributed by atoms with van der Waals surface area (Å²) in [5.41, 5.74) is 2.40. The average molecular weight is 278 g/mol. The molecule has 0 N–H and O–H groups in total. The second-order valence-corrected chi connectivity index (χ2v) is 5.40. The smallest absolute Gasteiger partial charge is 0.183 e. The first kappa shape index (κ1) is 17.2. The number of unbranched alkanes of at least 4 members (excludes halogenated alkanes) is 4. The molecule has 0 saturated heterocycles. The summed E-state index contributed by atoms with van der Waals surface area (Å²) in [5, 5.41) is 0. The van der Waals surface area contributed by atoms with E-state index in [4.69, 9.17) is 9.47 Å². The van der Waals surface area contributed by atoms with Crippen LogP contribution in [0, 0.1) is 6.92 Å². The minimum atomic E-state index is -0.204. The van der Waals surface area contributed by atoms with Gasteiger partial charge in [0.15, 0.2) is 6.29 Å². The normalized spacial score (nSPS) is 11.2. The maximum absolute atomic E-state index is 5.93. The van der Waals surface area contributed by atoms with Crippen LogP contribution in [0.1, 0.15) is 69.8 Å². The first-order valence-corrected chi connectivity index (χ1v) is 8.07. The van der Waals surface area contributed by atoms with E-state index in [1.54, 1.807) is 0 Å². The average Bonchev–Trinajstić information content (AvgIpc) is 2.47. The van der Waals surface area contributed by atoms with E-state index in [2.05, 4.69) is 45.0 Å². The van der Waals surface area contributed by atoms with Crippen LogP contribution in [-0.4, -0.2) is 13.2 Å². The molecule has 0 fully saturated rings. The van der Waals surface area contributed by atoms with E-state index in [1.807, 2.05) is 0 Å². The Bertz CT molecular complexity index is 320. The molecule has 0 aromatic heterocycles. The van der Waals surface area contributed by atoms with Crippen molar-refractivity contribution >= 4 is 0 Å². The van der Waals surface area contributed by atoms with Crippen LogP contribution in [-0.2, 0) is 9.47 Å². The highest BCUT2D eigenvalue weighted by atomic mass is 16.7. The SMILES string of the molecule is CCCCCOC(OCCCCC)c1ccc(C)cc1. The van der Waals surface area contributed by atoms with Crippen molar-refractivity contribution in [3.63, 3.8) is 0 Å². The molecule has 2 nitrogen and oxygen atoms in total. The van der Waals surface area contributed by atoms with Crippen LogP contribution in [0.3, 0.4) is 0 Å². The Labute approximate surface area is 124 Å². The number of hydrogen-bond donors (Lipinski definition) is 0. The maximum Gasteiger partial charge on any atom is 0.183 e. The Morgan fingerprint density at radius 3 is 1.75 bits per heavy atom. The van der Waals surface area contributed by atoms with Gasteiger partial charge in [-0.1, -0.05) is 69.4 Å². The number of hydrogen-bond acceptors (Lipinski definition) is 2. The van der Waals surface area contributed by atoms with Crippen LogP contribution in [0.2, 0.25) is 0 Å². The van der Waals surface area contributed by atoms with E-state index >= 15 is 0 Å². The summed E-state index contributed by atoms with van der Waals surface area (Å²) < 4.78 is 11.9. The molecular formula is C18H30O2. The van der Waals surface area contributed by atoms with Gasteiger partial charge in [-0.15, -0.1) is 0 Å². The minimum Gasteiger partial charge on any atom is -0.348 e. The molecule has 0 unspecified atom stereocenters. The van der Waals surface area contributed by atoms with Crippen molar-refractivity contribution in [2.24, 2.45) is 0 Å². The third-order valence-corrected chi connectivity index (χ3v) is 3.38. The first-order chi connectivity index (χ1) is 9.77. The van der Waals surface area contributed by atoms with E-state index in [9.17, 15) is 0 Å². The molecule has 114 valence electrons. The molecule has 2 heteroatoms. The van der Waals surface area contributed by atoms with Crippen molar-refractivity contribution in [3.05, 3.63) is 35.4 Å². The molecule has 0 atom stereocenters. The van der Waals surface area contributed by atoms with Gasteiger partial charge >= 0.3 is 0 Å². The van der Waals surface area contributed by atoms with E-state index in [-0.39, 0.29) is 6.29 Å². The van der Waals surface area contributed by atoms with Crippen molar-refractivity contribution in [2.45, 2.75) is 65.6 Å². The van der Waals surface area contributed by atoms with Crippen molar-refractivity contribution in [1.82, 2.24) is 0 Å². The Hall–Kier alpha value is -0.860. The third kappa shape index (κ3) is 7.06. The summed E-state index contributed by atoms with van der Waals surface area (Å²) >= 11 is 0. The molecule has 0 aliphatic rings. The molecular weight excluding hydrogens is 248 g/mol. The van der Waals surface area contributed by atoms with Crippen LogP contribution in [0.25, 0.3) is 0 Å². The highest BCUT2D eigenvalue weighted by Crippen LogP contribution is 2.20. The Morgan fingerprint density at radius 2 is 1.30 bits per heavy atom. The predicted octanol–water partition coefficient (Wildman–Crippen LogP) is 5.41. The molecule has 0 aliphatic carbocycles. The summed E-state index contributed by atoms with van der Waals surface area (Å²) in [6.07, 6.45) is 6.89. The van der Waals surface area contributed by atoms with Gasteiger partial charge in [-0.05, 0) is 19.8 Å². The predicted molar refractivity (Wildman–Crippen MR) is 84.9 cm³/mol. The van der Waals surface area contributed by atoms with Gasteiger partial charge in [-0.3, -0.25) is 0 Å². The fraction of sp³-hybridized carbons (Fsp3) is 0.667. The summed E-state index contributed by atoms with van der Waals surface area (Å²) in [7, 11) is 0. The van der Waals surface area contributed by atoms with Gasteiger partial charge in [0.1, 0.15) is 0 Å². The number of benzene rings is 1. The van der Waals surface area contributed by atoms with Gasteiger partial charge in [-0.2, -0.15) is 0 Å². The lowest BCUT2D eigenvalue weighted by Crippen LogP contribution is -2.11. The molecule has 0 bridgehead atoms. The summed E-state index contributed by atoms with van der Waals surface area (Å²) in [6, 6.07) is 8.46. The highest BCUT2D eigenvalue weighted by Gasteiger charge is 2.12. The summed E-state index contributed by atoms with van der Waals surface area (Å²) in [4.78, 5) is 0. The molecule has 0 heterocycles. The van der Waals surface area contributed by atoms with E-state index in [1.165, 1.54) is 31.2 Å². The lowest BCUT2D eigenvalue weighted by atomic mass is 10.1. The summed E-state index contributed by atoms with van der Waals surface area (Å²) in [6.45, 7) is 8.07. The summed E-state index contributed by atoms with van der Waals surface area (Å²) in [5.74, 6) is 0. The topological polar surface area (TPSA) is 18.5 Å². The lowest BCUT2D eigenvalue weighted by Gasteiger charge is -2.19. The zero-order chi connectivity index (χ0) is 14.6. The monoisotopic (exact) mass is 278 g/mol. The number of rotatable bonds is 11. The molecule has 0 radical (unpaired) electrons. The Balaban J connectivity index is 2.47. The van der Waals surface area contributed by atoms with Crippen molar-refractivity contribution in [1.29, 1.82) is 0 Å². The highest BCUT2D eigenvalue weighted by molar-refractivity contribution is 5.22. The fourth-order valence-corrected chi connectivity index (χ4v) is 2.05. The van der Waals surface area contributed by atoms with Gasteiger partial charge in [0.2, 0.25) is 0 Å². The molecule has 0 aliphatic heterocycles. The molecule has 0 saturated carbocycles. The van der Waals surface area contributed by atoms with Gasteiger partial charge < -0.3 is 9.47 Å². The van der Waals surface area contributed by atoms with Crippen LogP contribution < -0.4 is 0 Å². The molecule has 0 amide bonds. The van der Waals surface area contributed by atoms with E-state index in [0.717, 1.165) is 31.6 Å². The Morgan fingerprint density at radius 1 is 0.800 bits per heavy atom. The maximum atomic E-state index is 5.93. The lowest BCUT2D eigenvalue weighted by molar-refractivity contribution is -0.148. The van der Waals surface area contributed by atoms with E-state index in [0.29, 0.717) is 0 Å². The molecule has 20 heavy (non-hydrogen) atoms. The number of aryl methyl sites for hydroxylation is 1. The third-order valence-electron chi connectivity index (χ3n) is 3.38. The number of ether oxygens (including phenoxy) is 2. The fourth-order valence-electron chi connectivity index (χ4n) is 2.05.